The molecule has 4 aromatic rings. The van der Waals surface area contributed by atoms with Crippen molar-refractivity contribution in [3.8, 4) is 17.1 Å². The molecule has 0 spiro atoms. The second-order valence-electron chi connectivity index (χ2n) is 6.69. The van der Waals surface area contributed by atoms with Crippen LogP contribution in [0.25, 0.3) is 17.1 Å². The number of aryl methyl sites for hydroxylation is 1. The molecule has 0 saturated carbocycles. The zero-order chi connectivity index (χ0) is 20.5. The van der Waals surface area contributed by atoms with E-state index in [4.69, 9.17) is 5.73 Å². The van der Waals surface area contributed by atoms with E-state index in [0.29, 0.717) is 11.3 Å². The quantitative estimate of drug-likeness (QED) is 0.500. The Morgan fingerprint density at radius 2 is 1.87 bits per heavy atom. The maximum Gasteiger partial charge on any atom is 0.292 e. The molecule has 10 heteroatoms. The van der Waals surface area contributed by atoms with Crippen molar-refractivity contribution in [1.29, 1.82) is 0 Å². The van der Waals surface area contributed by atoms with Crippen LogP contribution in [-0.4, -0.2) is 36.9 Å². The maximum atomic E-state index is 13.2. The number of carbonyl (C=O) groups excluding carboxylic acids is 1. The van der Waals surface area contributed by atoms with Gasteiger partial charge in [0.15, 0.2) is 5.69 Å². The van der Waals surface area contributed by atoms with Crippen LogP contribution in [0.5, 0.6) is 0 Å². The molecule has 1 amide bonds. The molecule has 30 heavy (non-hydrogen) atoms. The van der Waals surface area contributed by atoms with Crippen LogP contribution < -0.4 is 11.2 Å². The minimum Gasteiger partial charge on any atom is -0.378 e. The number of amides is 1. The molecule has 2 aromatic heterocycles. The van der Waals surface area contributed by atoms with Crippen molar-refractivity contribution >= 4 is 17.4 Å². The van der Waals surface area contributed by atoms with Crippen LogP contribution in [-0.2, 0) is 6.42 Å². The summed E-state index contributed by atoms with van der Waals surface area (Å²) in [5, 5.41) is 19.9. The lowest BCUT2D eigenvalue weighted by Crippen LogP contribution is -2.24. The Bertz CT molecular complexity index is 1260. The van der Waals surface area contributed by atoms with Crippen LogP contribution >= 0.6 is 0 Å². The molecular formula is C20H16N8O2. The van der Waals surface area contributed by atoms with Gasteiger partial charge in [0.1, 0.15) is 5.69 Å². The minimum absolute atomic E-state index is 0.00963. The number of fused-ring (bicyclic) bond motifs is 1. The highest BCUT2D eigenvalue weighted by Gasteiger charge is 2.26. The van der Waals surface area contributed by atoms with Crippen LogP contribution in [0.2, 0.25) is 0 Å². The van der Waals surface area contributed by atoms with Crippen LogP contribution in [0.1, 0.15) is 28.0 Å². The summed E-state index contributed by atoms with van der Waals surface area (Å²) in [5.41, 5.74) is 12.7. The summed E-state index contributed by atoms with van der Waals surface area (Å²) in [6, 6.07) is 17.2. The maximum absolute atomic E-state index is 13.2. The SMILES string of the molecule is Nc1nonc1-n1nnc(-c2ccccc2)c1C(=O)N/N=C1\CCc2ccccc21. The number of nitrogens with two attached hydrogens (primary N) is 1. The van der Waals surface area contributed by atoms with E-state index in [2.05, 4.69) is 41.8 Å². The summed E-state index contributed by atoms with van der Waals surface area (Å²) >= 11 is 0. The average Bonchev–Trinajstić information content (AvgIpc) is 3.50. The van der Waals surface area contributed by atoms with E-state index in [-0.39, 0.29) is 17.3 Å². The van der Waals surface area contributed by atoms with Gasteiger partial charge in [-0.05, 0) is 28.7 Å². The largest absolute Gasteiger partial charge is 0.378 e. The Morgan fingerprint density at radius 1 is 1.07 bits per heavy atom. The van der Waals surface area contributed by atoms with Gasteiger partial charge in [-0.25, -0.2) is 10.1 Å². The van der Waals surface area contributed by atoms with Crippen molar-refractivity contribution in [3.63, 3.8) is 0 Å². The van der Waals surface area contributed by atoms with Crippen molar-refractivity contribution in [2.24, 2.45) is 5.10 Å². The van der Waals surface area contributed by atoms with E-state index in [1.165, 1.54) is 10.2 Å². The number of hydrazone groups is 1. The summed E-state index contributed by atoms with van der Waals surface area (Å²) in [4.78, 5) is 13.2. The first-order chi connectivity index (χ1) is 14.7. The van der Waals surface area contributed by atoms with Crippen molar-refractivity contribution < 1.29 is 9.42 Å². The van der Waals surface area contributed by atoms with Crippen LogP contribution in [0.3, 0.4) is 0 Å². The van der Waals surface area contributed by atoms with Gasteiger partial charge in [0.05, 0.1) is 5.71 Å². The van der Waals surface area contributed by atoms with Gasteiger partial charge in [-0.3, -0.25) is 4.79 Å². The highest BCUT2D eigenvalue weighted by molar-refractivity contribution is 6.06. The first-order valence-electron chi connectivity index (χ1n) is 9.27. The van der Waals surface area contributed by atoms with E-state index in [9.17, 15) is 4.79 Å². The van der Waals surface area contributed by atoms with Gasteiger partial charge in [-0.15, -0.1) is 5.10 Å². The molecule has 1 aliphatic carbocycles. The number of nitrogens with zero attached hydrogens (tertiary/aromatic N) is 6. The molecule has 0 fully saturated rings. The predicted octanol–water partition coefficient (Wildman–Crippen LogP) is 1.98. The van der Waals surface area contributed by atoms with Gasteiger partial charge in [-0.2, -0.15) is 9.78 Å². The number of anilines is 1. The van der Waals surface area contributed by atoms with Gasteiger partial charge in [0.25, 0.3) is 5.91 Å². The highest BCUT2D eigenvalue weighted by atomic mass is 16.6. The van der Waals surface area contributed by atoms with Crippen molar-refractivity contribution in [1.82, 2.24) is 30.7 Å². The lowest BCUT2D eigenvalue weighted by molar-refractivity contribution is 0.0947. The van der Waals surface area contributed by atoms with E-state index >= 15 is 0 Å². The molecule has 0 bridgehead atoms. The van der Waals surface area contributed by atoms with E-state index in [1.54, 1.807) is 0 Å². The topological polar surface area (TPSA) is 137 Å². The number of benzene rings is 2. The smallest absolute Gasteiger partial charge is 0.292 e. The third kappa shape index (κ3) is 3.00. The van der Waals surface area contributed by atoms with Gasteiger partial charge in [-0.1, -0.05) is 59.8 Å². The molecule has 1 aliphatic rings. The molecule has 3 N–H and O–H groups in total. The van der Waals surface area contributed by atoms with Crippen molar-refractivity contribution in [2.45, 2.75) is 12.8 Å². The molecular weight excluding hydrogens is 384 g/mol. The van der Waals surface area contributed by atoms with Crippen LogP contribution in [0, 0.1) is 0 Å². The van der Waals surface area contributed by atoms with Crippen LogP contribution in [0.4, 0.5) is 5.82 Å². The van der Waals surface area contributed by atoms with Crippen molar-refractivity contribution in [2.75, 3.05) is 5.73 Å². The number of aromatic nitrogens is 5. The Balaban J connectivity index is 1.54. The first-order valence-corrected chi connectivity index (χ1v) is 9.27. The number of nitrogens with one attached hydrogen (secondary N) is 1. The zero-order valence-corrected chi connectivity index (χ0v) is 15.7. The summed E-state index contributed by atoms with van der Waals surface area (Å²) in [6.45, 7) is 0. The Morgan fingerprint density at radius 3 is 2.67 bits per heavy atom. The molecule has 10 nitrogen and oxygen atoms in total. The molecule has 2 heterocycles. The van der Waals surface area contributed by atoms with Gasteiger partial charge in [0, 0.05) is 11.1 Å². The molecule has 148 valence electrons. The fourth-order valence-electron chi connectivity index (χ4n) is 3.46. The number of hydrogen-bond donors (Lipinski definition) is 2. The number of rotatable bonds is 4. The van der Waals surface area contributed by atoms with Crippen LogP contribution in [0.15, 0.2) is 64.3 Å². The summed E-state index contributed by atoms with van der Waals surface area (Å²) < 4.78 is 5.86. The molecule has 2 aromatic carbocycles. The monoisotopic (exact) mass is 400 g/mol. The van der Waals surface area contributed by atoms with Gasteiger partial charge >= 0.3 is 0 Å². The highest BCUT2D eigenvalue weighted by Crippen LogP contribution is 2.25. The summed E-state index contributed by atoms with van der Waals surface area (Å²) in [7, 11) is 0. The first kappa shape index (κ1) is 17.7. The van der Waals surface area contributed by atoms with E-state index < -0.39 is 5.91 Å². The number of carbonyl (C=O) groups is 1. The summed E-state index contributed by atoms with van der Waals surface area (Å²) in [6.07, 6.45) is 1.64. The average molecular weight is 400 g/mol. The fraction of sp³-hybridized carbons (Fsp3) is 0.100. The second kappa shape index (κ2) is 7.24. The molecule has 0 atom stereocenters. The standard InChI is InChI=1S/C20H16N8O2/c21-18-19(26-30-25-18)28-17(16(23-27-28)13-7-2-1-3-8-13)20(29)24-22-15-11-10-12-6-4-5-9-14(12)15/h1-9H,10-11H2,(H2,21,25)(H,24,29)/b22-15+. The third-order valence-electron chi connectivity index (χ3n) is 4.88. The third-order valence-corrected chi connectivity index (χ3v) is 4.88. The molecule has 0 aliphatic heterocycles. The summed E-state index contributed by atoms with van der Waals surface area (Å²) in [5.74, 6) is -0.434. The fourth-order valence-corrected chi connectivity index (χ4v) is 3.46. The van der Waals surface area contributed by atoms with Crippen molar-refractivity contribution in [3.05, 3.63) is 71.4 Å². The molecule has 0 unspecified atom stereocenters. The van der Waals surface area contributed by atoms with E-state index in [0.717, 1.165) is 24.1 Å². The zero-order valence-electron chi connectivity index (χ0n) is 15.7. The van der Waals surface area contributed by atoms with Gasteiger partial charge in [0.2, 0.25) is 11.6 Å². The molecule has 0 saturated heterocycles. The number of nitrogen functional groups attached to an aromatic ring is 1. The minimum atomic E-state index is -0.502. The molecule has 0 radical (unpaired) electrons. The van der Waals surface area contributed by atoms with E-state index in [1.807, 2.05) is 48.5 Å². The second-order valence-corrected chi connectivity index (χ2v) is 6.69. The Hall–Kier alpha value is -4.34. The Labute approximate surface area is 170 Å². The lowest BCUT2D eigenvalue weighted by atomic mass is 10.1. The number of hydrogen-bond acceptors (Lipinski definition) is 8. The normalized spacial score (nSPS) is 14.1. The molecule has 5 rings (SSSR count). The van der Waals surface area contributed by atoms with Gasteiger partial charge < -0.3 is 5.73 Å². The lowest BCUT2D eigenvalue weighted by Gasteiger charge is -2.06. The predicted molar refractivity (Wildman–Crippen MR) is 108 cm³/mol. The Kier molecular flexibility index (Phi) is 4.28.